The minimum Gasteiger partial charge on any atom is -0.268 e. The zero-order chi connectivity index (χ0) is 79.9. The third kappa shape index (κ3) is 9.69. The molecule has 114 heavy (non-hydrogen) atoms. The minimum atomic E-state index is -0.486. The van der Waals surface area contributed by atoms with Crippen molar-refractivity contribution in [1.29, 1.82) is 0 Å². The highest BCUT2D eigenvalue weighted by molar-refractivity contribution is 6.49. The first-order chi connectivity index (χ1) is 54.6. The SMILES string of the molecule is CC(C)c1cccc(C(C)C)c1N1C(=O)c2ccc3c4ccc5c6c(cc(-c7cccc(-c8cc9c%10c(ccc%11c%12ccc%13c%14c(ccc(c8c%10%11)c%14%12)C(=O)N(c8c(C(C)C)cccc8C(C)C)C%13=O)C(=O)N(c8c(C(C)C)cccc8C(C)C)C9=O)c7)c(c7ccc(c2c37)C1=O)c64)C(=O)N(c1c(C(C)C)cccc1C(C)C)C5=O. The van der Waals surface area contributed by atoms with E-state index in [0.29, 0.717) is 154 Å². The van der Waals surface area contributed by atoms with Crippen LogP contribution in [0.1, 0.15) is 285 Å². The average Bonchev–Trinajstić information content (AvgIpc) is 0.683. The number of carbonyl (C=O) groups excluding carboxylic acids is 8. The molecule has 15 aromatic rings. The molecule has 4 aliphatic rings. The molecule has 8 amide bonds. The molecule has 12 nitrogen and oxygen atoms in total. The van der Waals surface area contributed by atoms with Crippen LogP contribution in [0, 0.1) is 0 Å². The number of rotatable bonds is 14. The fourth-order valence-corrected chi connectivity index (χ4v) is 19.9. The number of hydrogen-bond acceptors (Lipinski definition) is 8. The summed E-state index contributed by atoms with van der Waals surface area (Å²) in [4.78, 5) is 134. The van der Waals surface area contributed by atoms with Gasteiger partial charge in [-0.3, -0.25) is 38.4 Å². The molecule has 0 fully saturated rings. The number of hydrogen-bond donors (Lipinski definition) is 0. The molecule has 19 rings (SSSR count). The quantitative estimate of drug-likeness (QED) is 0.0593. The minimum absolute atomic E-state index is 0.0215. The van der Waals surface area contributed by atoms with Crippen LogP contribution in [0.3, 0.4) is 0 Å². The Balaban J connectivity index is 0.911. The van der Waals surface area contributed by atoms with Crippen molar-refractivity contribution in [2.75, 3.05) is 19.6 Å². The number of nitrogens with zero attached hydrogens (tertiary/aromatic N) is 4. The van der Waals surface area contributed by atoms with Gasteiger partial charge in [-0.15, -0.1) is 0 Å². The summed E-state index contributed by atoms with van der Waals surface area (Å²) in [5.74, 6) is -3.99. The maximum atomic E-state index is 16.5. The van der Waals surface area contributed by atoms with Gasteiger partial charge in [-0.25, -0.2) is 19.6 Å². The predicted molar refractivity (Wildman–Crippen MR) is 463 cm³/mol. The third-order valence-corrected chi connectivity index (χ3v) is 25.2. The Morgan fingerprint density at radius 1 is 0.175 bits per heavy atom. The summed E-state index contributed by atoms with van der Waals surface area (Å²) in [6.45, 7) is 33.1. The highest BCUT2D eigenvalue weighted by Crippen LogP contribution is 2.56. The zero-order valence-electron chi connectivity index (χ0n) is 67.0. The van der Waals surface area contributed by atoms with E-state index in [9.17, 15) is 0 Å². The van der Waals surface area contributed by atoms with E-state index in [1.165, 1.54) is 19.6 Å². The molecule has 0 N–H and O–H groups in total. The van der Waals surface area contributed by atoms with Crippen LogP contribution in [0.25, 0.3) is 108 Å². The van der Waals surface area contributed by atoms with E-state index in [1.54, 1.807) is 0 Å². The molecule has 562 valence electrons. The molecule has 4 aliphatic heterocycles. The molecule has 0 aliphatic carbocycles. The van der Waals surface area contributed by atoms with E-state index in [-0.39, 0.29) is 47.3 Å². The molecule has 4 heterocycles. The Kier molecular flexibility index (Phi) is 16.0. The van der Waals surface area contributed by atoms with Gasteiger partial charge < -0.3 is 0 Å². The topological polar surface area (TPSA) is 150 Å². The van der Waals surface area contributed by atoms with Crippen LogP contribution >= 0.6 is 0 Å². The fourth-order valence-electron chi connectivity index (χ4n) is 19.9. The van der Waals surface area contributed by atoms with E-state index in [1.807, 2.05) is 176 Å². The second kappa shape index (κ2) is 25.5. The molecular formula is C102H86N4O8. The molecule has 0 spiro atoms. The van der Waals surface area contributed by atoms with Gasteiger partial charge in [0.15, 0.2) is 0 Å². The van der Waals surface area contributed by atoms with E-state index < -0.39 is 47.3 Å². The van der Waals surface area contributed by atoms with Crippen LogP contribution < -0.4 is 19.6 Å². The summed E-state index contributed by atoms with van der Waals surface area (Å²) >= 11 is 0. The van der Waals surface area contributed by atoms with Crippen LogP contribution in [0.2, 0.25) is 0 Å². The molecule has 0 radical (unpaired) electrons. The number of imide groups is 4. The summed E-state index contributed by atoms with van der Waals surface area (Å²) in [5.41, 5.74) is 14.6. The average molecular weight is 1500 g/mol. The summed E-state index contributed by atoms with van der Waals surface area (Å²) in [6.07, 6.45) is 0. The van der Waals surface area contributed by atoms with Gasteiger partial charge in [0, 0.05) is 66.1 Å². The van der Waals surface area contributed by atoms with Gasteiger partial charge in [0.1, 0.15) is 0 Å². The number of benzene rings is 15. The first-order valence-corrected chi connectivity index (χ1v) is 40.3. The first-order valence-electron chi connectivity index (χ1n) is 40.3. The lowest BCUT2D eigenvalue weighted by atomic mass is 9.78. The monoisotopic (exact) mass is 1490 g/mol. The Hall–Kier alpha value is -12.5. The Morgan fingerprint density at radius 3 is 0.596 bits per heavy atom. The number of fused-ring (bicyclic) bond motifs is 4. The standard InChI is InChI=1S/C102H86N4O8/c1-47(2)57-24-18-25-58(48(3)4)91(57)103-95(107)71-38-32-65-67-34-40-75-87-79(101(113)105(99(75)111)93-61(51(9)10)28-20-29-62(93)52(11)12)45-77(83(89(67)87)69-36-42-73(97(103)109)85(71)81(65)69)55-22-17-23-56(44-55)78-46-80-88-76(100(112)106(102(80)114)94-63(53(13)14)30-21-31-64(94)54(15)16)41-35-68-66-33-39-72-86-74(43-37-70(82(66)86)84(78)90(68)88)98(110)104(96(72)108)92-59(49(5)6)26-19-27-60(92)50(7)8/h17-54H,1-16H3. The Morgan fingerprint density at radius 2 is 0.368 bits per heavy atom. The van der Waals surface area contributed by atoms with Crippen LogP contribution in [0.5, 0.6) is 0 Å². The second-order valence-corrected chi connectivity index (χ2v) is 34.4. The van der Waals surface area contributed by atoms with E-state index in [2.05, 4.69) is 117 Å². The number of carbonyl (C=O) groups is 8. The second-order valence-electron chi connectivity index (χ2n) is 34.4. The summed E-state index contributed by atoms with van der Waals surface area (Å²) in [7, 11) is 0. The molecule has 0 atom stereocenters. The van der Waals surface area contributed by atoms with Gasteiger partial charge >= 0.3 is 0 Å². The van der Waals surface area contributed by atoms with Crippen molar-refractivity contribution in [2.24, 2.45) is 0 Å². The van der Waals surface area contributed by atoms with Gasteiger partial charge in [0.05, 0.1) is 22.7 Å². The number of para-hydroxylation sites is 4. The van der Waals surface area contributed by atoms with E-state index in [0.717, 1.165) is 66.1 Å². The third-order valence-electron chi connectivity index (χ3n) is 25.2. The van der Waals surface area contributed by atoms with Crippen molar-refractivity contribution in [1.82, 2.24) is 0 Å². The Bertz CT molecular complexity index is 6400. The van der Waals surface area contributed by atoms with Gasteiger partial charge in [0.2, 0.25) is 0 Å². The molecule has 0 aromatic heterocycles. The summed E-state index contributed by atoms with van der Waals surface area (Å²) in [5, 5.41) is 10.4. The van der Waals surface area contributed by atoms with Crippen LogP contribution in [-0.4, -0.2) is 47.3 Å². The van der Waals surface area contributed by atoms with E-state index >= 15 is 38.4 Å². The van der Waals surface area contributed by atoms with Crippen molar-refractivity contribution in [3.63, 3.8) is 0 Å². The van der Waals surface area contributed by atoms with Crippen molar-refractivity contribution >= 4 is 156 Å². The molecule has 0 bridgehead atoms. The van der Waals surface area contributed by atoms with Crippen molar-refractivity contribution in [2.45, 2.75) is 158 Å². The van der Waals surface area contributed by atoms with E-state index in [4.69, 9.17) is 0 Å². The van der Waals surface area contributed by atoms with Gasteiger partial charge in [-0.1, -0.05) is 238 Å². The predicted octanol–water partition coefficient (Wildman–Crippen LogP) is 25.3. The molecule has 12 heteroatoms. The van der Waals surface area contributed by atoms with Crippen LogP contribution in [-0.2, 0) is 0 Å². The molecule has 0 saturated heterocycles. The lowest BCUT2D eigenvalue weighted by Gasteiger charge is -2.34. The van der Waals surface area contributed by atoms with Gasteiger partial charge in [-0.2, -0.15) is 0 Å². The maximum absolute atomic E-state index is 16.5. The number of amides is 8. The highest BCUT2D eigenvalue weighted by atomic mass is 16.2. The maximum Gasteiger partial charge on any atom is 0.266 e. The van der Waals surface area contributed by atoms with Crippen LogP contribution in [0.15, 0.2) is 182 Å². The Labute approximate surface area is 661 Å². The lowest BCUT2D eigenvalue weighted by Crippen LogP contribution is -2.42. The van der Waals surface area contributed by atoms with Gasteiger partial charge in [-0.05, 0) is 233 Å². The van der Waals surface area contributed by atoms with Crippen molar-refractivity contribution in [3.8, 4) is 22.3 Å². The number of anilines is 4. The zero-order valence-corrected chi connectivity index (χ0v) is 67.0. The molecule has 15 aromatic carbocycles. The fraction of sp³-hybridized carbons (Fsp3) is 0.235. The first kappa shape index (κ1) is 71.8. The molecular weight excluding hydrogens is 1410 g/mol. The highest BCUT2D eigenvalue weighted by Gasteiger charge is 2.45. The normalized spacial score (nSPS) is 14.7. The largest absolute Gasteiger partial charge is 0.268 e. The summed E-state index contributed by atoms with van der Waals surface area (Å²) < 4.78 is 0. The van der Waals surface area contributed by atoms with Gasteiger partial charge in [0.25, 0.3) is 47.3 Å². The smallest absolute Gasteiger partial charge is 0.266 e. The lowest BCUT2D eigenvalue weighted by molar-refractivity contribution is 0.0877. The van der Waals surface area contributed by atoms with Crippen molar-refractivity contribution in [3.05, 3.63) is 271 Å². The summed E-state index contributed by atoms with van der Waals surface area (Å²) in [6, 6.07) is 58.6. The molecule has 0 saturated carbocycles. The van der Waals surface area contributed by atoms with Crippen molar-refractivity contribution < 1.29 is 38.4 Å². The molecule has 0 unspecified atom stereocenters. The van der Waals surface area contributed by atoms with Crippen LogP contribution in [0.4, 0.5) is 22.7 Å².